The van der Waals surface area contributed by atoms with Crippen LogP contribution in [0.4, 0.5) is 0 Å². The van der Waals surface area contributed by atoms with E-state index in [0.717, 1.165) is 15.6 Å². The van der Waals surface area contributed by atoms with Crippen LogP contribution in [0.2, 0.25) is 0 Å². The second-order valence-electron chi connectivity index (χ2n) is 5.74. The molecule has 0 saturated heterocycles. The molecule has 1 rings (SSSR count). The fraction of sp³-hybridized carbons (Fsp3) is 0.917. The second kappa shape index (κ2) is 5.32. The molecule has 0 atom stereocenters. The van der Waals surface area contributed by atoms with Gasteiger partial charge >= 0.3 is 0 Å². The molecule has 0 unspecified atom stereocenters. The number of rotatable bonds is 2. The third-order valence-corrected chi connectivity index (χ3v) is 4.34. The Morgan fingerprint density at radius 3 is 2.06 bits per heavy atom. The van der Waals surface area contributed by atoms with E-state index in [0.29, 0.717) is 6.04 Å². The molecule has 94 valence electrons. The summed E-state index contributed by atoms with van der Waals surface area (Å²) in [7, 11) is 10.9. The fourth-order valence-corrected chi connectivity index (χ4v) is 2.71. The highest BCUT2D eigenvalue weighted by Gasteiger charge is 2.31. The topological polar surface area (TPSA) is 15.3 Å². The lowest BCUT2D eigenvalue weighted by Crippen LogP contribution is -2.50. The van der Waals surface area contributed by atoms with Crippen molar-refractivity contribution in [1.82, 2.24) is 10.2 Å². The summed E-state index contributed by atoms with van der Waals surface area (Å²) in [6.07, 6.45) is 5.15. The highest BCUT2D eigenvalue weighted by atomic mass is 32.1. The second-order valence-corrected chi connectivity index (χ2v) is 6.13. The van der Waals surface area contributed by atoms with Gasteiger partial charge in [-0.1, -0.05) is 0 Å². The van der Waals surface area contributed by atoms with Gasteiger partial charge in [-0.05, 0) is 25.1 Å². The Morgan fingerprint density at radius 1 is 1.19 bits per heavy atom. The maximum atomic E-state index is 5.27. The zero-order valence-corrected chi connectivity index (χ0v) is 12.1. The van der Waals surface area contributed by atoms with E-state index in [1.54, 1.807) is 0 Å². The van der Waals surface area contributed by atoms with Crippen molar-refractivity contribution in [2.45, 2.75) is 37.8 Å². The van der Waals surface area contributed by atoms with Crippen molar-refractivity contribution in [3.05, 3.63) is 0 Å². The number of quaternary nitrogens is 1. The maximum Gasteiger partial charge on any atom is 0.168 e. The Balaban J connectivity index is 2.46. The van der Waals surface area contributed by atoms with Crippen molar-refractivity contribution >= 4 is 17.3 Å². The lowest BCUT2D eigenvalue weighted by Gasteiger charge is -2.41. The number of hydrogen-bond acceptors (Lipinski definition) is 1. The van der Waals surface area contributed by atoms with Crippen LogP contribution in [-0.4, -0.2) is 61.8 Å². The van der Waals surface area contributed by atoms with Gasteiger partial charge in [-0.2, -0.15) is 0 Å². The summed E-state index contributed by atoms with van der Waals surface area (Å²) in [6, 6.07) is 1.44. The quantitative estimate of drug-likeness (QED) is 0.584. The van der Waals surface area contributed by atoms with Crippen molar-refractivity contribution < 1.29 is 4.48 Å². The predicted octanol–water partition coefficient (Wildman–Crippen LogP) is 1.44. The van der Waals surface area contributed by atoms with E-state index in [9.17, 15) is 0 Å². The molecule has 1 N–H and O–H groups in total. The molecule has 1 aliphatic rings. The van der Waals surface area contributed by atoms with E-state index >= 15 is 0 Å². The van der Waals surface area contributed by atoms with Gasteiger partial charge in [-0.25, -0.2) is 0 Å². The minimum absolute atomic E-state index is 0.628. The van der Waals surface area contributed by atoms with Gasteiger partial charge in [0, 0.05) is 33.0 Å². The Bertz CT molecular complexity index is 239. The van der Waals surface area contributed by atoms with Crippen LogP contribution in [0.1, 0.15) is 25.7 Å². The van der Waals surface area contributed by atoms with Gasteiger partial charge in [-0.3, -0.25) is 0 Å². The Morgan fingerprint density at radius 2 is 1.69 bits per heavy atom. The first-order chi connectivity index (χ1) is 7.36. The van der Waals surface area contributed by atoms with E-state index in [-0.39, 0.29) is 0 Å². The normalized spacial score (nSPS) is 26.3. The lowest BCUT2D eigenvalue weighted by atomic mass is 9.89. The molecule has 1 aliphatic carbocycles. The monoisotopic (exact) mass is 244 g/mol. The summed E-state index contributed by atoms with van der Waals surface area (Å²) in [4.78, 5) is 2.22. The zero-order valence-electron chi connectivity index (χ0n) is 11.3. The first-order valence-electron chi connectivity index (χ1n) is 6.12. The van der Waals surface area contributed by atoms with Crippen LogP contribution in [0.15, 0.2) is 0 Å². The van der Waals surface area contributed by atoms with Gasteiger partial charge in [0.15, 0.2) is 5.11 Å². The molecule has 0 aromatic carbocycles. The van der Waals surface area contributed by atoms with Crippen LogP contribution < -0.4 is 5.32 Å². The number of nitrogens with zero attached hydrogens (tertiary/aromatic N) is 2. The van der Waals surface area contributed by atoms with E-state index in [1.807, 2.05) is 7.05 Å². The highest BCUT2D eigenvalue weighted by molar-refractivity contribution is 7.80. The fourth-order valence-electron chi connectivity index (χ4n) is 2.56. The molecule has 0 aliphatic heterocycles. The maximum absolute atomic E-state index is 5.27. The lowest BCUT2D eigenvalue weighted by molar-refractivity contribution is -0.897. The Kier molecular flexibility index (Phi) is 4.56. The van der Waals surface area contributed by atoms with E-state index < -0.39 is 0 Å². The molecule has 0 heterocycles. The summed E-state index contributed by atoms with van der Waals surface area (Å²) < 4.78 is 1.09. The average molecular weight is 244 g/mol. The highest BCUT2D eigenvalue weighted by Crippen LogP contribution is 2.27. The molecule has 0 bridgehead atoms. The van der Waals surface area contributed by atoms with Crippen LogP contribution in [0.3, 0.4) is 0 Å². The minimum atomic E-state index is 0.628. The molecule has 1 saturated carbocycles. The van der Waals surface area contributed by atoms with E-state index in [1.165, 1.54) is 25.7 Å². The summed E-state index contributed by atoms with van der Waals surface area (Å²) >= 11 is 5.27. The number of hydrogen-bond donors (Lipinski definition) is 1. The van der Waals surface area contributed by atoms with Gasteiger partial charge in [0.2, 0.25) is 0 Å². The Hall–Kier alpha value is -0.350. The molecule has 0 aromatic rings. The van der Waals surface area contributed by atoms with Gasteiger partial charge in [0.1, 0.15) is 0 Å². The van der Waals surface area contributed by atoms with Gasteiger partial charge in [-0.15, -0.1) is 0 Å². The standard InChI is InChI=1S/C12H25N3S/c1-13-12(16)14(2)10-6-8-11(9-7-10)15(3,4)5/h10-11H,6-9H2,1-5H3/p+1. The molecule has 0 spiro atoms. The predicted molar refractivity (Wildman–Crippen MR) is 73.5 cm³/mol. The molecule has 4 heteroatoms. The van der Waals surface area contributed by atoms with Gasteiger partial charge < -0.3 is 14.7 Å². The van der Waals surface area contributed by atoms with Crippen molar-refractivity contribution in [3.63, 3.8) is 0 Å². The van der Waals surface area contributed by atoms with Crippen LogP contribution in [0, 0.1) is 0 Å². The molecular weight excluding hydrogens is 218 g/mol. The third-order valence-electron chi connectivity index (χ3n) is 3.84. The van der Waals surface area contributed by atoms with Crippen LogP contribution in [0.25, 0.3) is 0 Å². The van der Waals surface area contributed by atoms with Crippen molar-refractivity contribution in [2.24, 2.45) is 0 Å². The first-order valence-corrected chi connectivity index (χ1v) is 6.52. The number of nitrogens with one attached hydrogen (secondary N) is 1. The molecule has 0 radical (unpaired) electrons. The van der Waals surface area contributed by atoms with Gasteiger partial charge in [0.25, 0.3) is 0 Å². The zero-order chi connectivity index (χ0) is 12.3. The molecule has 16 heavy (non-hydrogen) atoms. The summed E-state index contributed by atoms with van der Waals surface area (Å²) in [5, 5.41) is 3.93. The number of thiocarbonyl (C=S) groups is 1. The van der Waals surface area contributed by atoms with Crippen LogP contribution in [-0.2, 0) is 0 Å². The van der Waals surface area contributed by atoms with Crippen LogP contribution in [0.5, 0.6) is 0 Å². The van der Waals surface area contributed by atoms with Crippen molar-refractivity contribution in [2.75, 3.05) is 35.2 Å². The largest absolute Gasteiger partial charge is 0.366 e. The average Bonchev–Trinajstić information content (AvgIpc) is 2.26. The first kappa shape index (κ1) is 13.7. The van der Waals surface area contributed by atoms with E-state index in [2.05, 4.69) is 38.4 Å². The van der Waals surface area contributed by atoms with Crippen molar-refractivity contribution in [1.29, 1.82) is 0 Å². The molecule has 0 aromatic heterocycles. The summed E-state index contributed by atoms with van der Waals surface area (Å²) in [5.74, 6) is 0. The van der Waals surface area contributed by atoms with Crippen LogP contribution >= 0.6 is 12.2 Å². The van der Waals surface area contributed by atoms with Gasteiger partial charge in [0.05, 0.1) is 27.2 Å². The van der Waals surface area contributed by atoms with E-state index in [4.69, 9.17) is 12.2 Å². The Labute approximate surface area is 105 Å². The molecule has 1 fully saturated rings. The van der Waals surface area contributed by atoms with Crippen molar-refractivity contribution in [3.8, 4) is 0 Å². The molecular formula is C12H26N3S+. The SMILES string of the molecule is CNC(=S)N(C)C1CCC([N+](C)(C)C)CC1. The summed E-state index contributed by atoms with van der Waals surface area (Å²) in [5.41, 5.74) is 0. The smallest absolute Gasteiger partial charge is 0.168 e. The third kappa shape index (κ3) is 3.32. The molecule has 0 amide bonds. The minimum Gasteiger partial charge on any atom is -0.366 e. The molecule has 3 nitrogen and oxygen atoms in total. The summed E-state index contributed by atoms with van der Waals surface area (Å²) in [6.45, 7) is 0.